The quantitative estimate of drug-likeness (QED) is 0.745. The van der Waals surface area contributed by atoms with Gasteiger partial charge in [0.15, 0.2) is 0 Å². The number of nitriles is 1. The minimum atomic E-state index is -0.967. The van der Waals surface area contributed by atoms with Crippen molar-refractivity contribution < 1.29 is 8.78 Å². The fraction of sp³-hybridized carbons (Fsp3) is 0.278. The van der Waals surface area contributed by atoms with Gasteiger partial charge in [-0.2, -0.15) is 10.4 Å². The zero-order valence-electron chi connectivity index (χ0n) is 14.2. The van der Waals surface area contributed by atoms with E-state index in [1.54, 1.807) is 18.6 Å². The van der Waals surface area contributed by atoms with Crippen molar-refractivity contribution in [2.75, 3.05) is 11.9 Å². The van der Waals surface area contributed by atoms with Crippen molar-refractivity contribution in [1.29, 1.82) is 5.26 Å². The van der Waals surface area contributed by atoms with Crippen LogP contribution in [0.5, 0.6) is 0 Å². The van der Waals surface area contributed by atoms with E-state index in [1.165, 1.54) is 29.2 Å². The summed E-state index contributed by atoms with van der Waals surface area (Å²) >= 11 is 0. The molecule has 0 atom stereocenters. The van der Waals surface area contributed by atoms with Crippen LogP contribution in [0.3, 0.4) is 0 Å². The van der Waals surface area contributed by atoms with Crippen molar-refractivity contribution in [2.45, 2.75) is 24.4 Å². The first kappa shape index (κ1) is 17.0. The minimum Gasteiger partial charge on any atom is -0.353 e. The normalized spacial score (nSPS) is 21.3. The molecule has 0 amide bonds. The van der Waals surface area contributed by atoms with E-state index in [-0.39, 0.29) is 25.1 Å². The first-order valence-electron chi connectivity index (χ1n) is 8.36. The van der Waals surface area contributed by atoms with E-state index in [4.69, 9.17) is 5.26 Å². The van der Waals surface area contributed by atoms with Gasteiger partial charge in [0.1, 0.15) is 23.7 Å². The lowest BCUT2D eigenvalue weighted by molar-refractivity contribution is 0.0963. The van der Waals surface area contributed by atoms with Crippen molar-refractivity contribution >= 4 is 5.95 Å². The van der Waals surface area contributed by atoms with Crippen LogP contribution in [-0.2, 0) is 5.41 Å². The van der Waals surface area contributed by atoms with Crippen molar-refractivity contribution in [3.63, 3.8) is 0 Å². The predicted octanol–water partition coefficient (Wildman–Crippen LogP) is 2.55. The summed E-state index contributed by atoms with van der Waals surface area (Å²) in [7, 11) is 0. The van der Waals surface area contributed by atoms with Gasteiger partial charge in [-0.05, 0) is 25.0 Å². The molecule has 7 nitrogen and oxygen atoms in total. The largest absolute Gasteiger partial charge is 0.353 e. The molecular formula is C18H15F2N7. The van der Waals surface area contributed by atoms with E-state index in [0.717, 1.165) is 0 Å². The molecule has 1 aliphatic rings. The molecule has 1 saturated carbocycles. The standard InChI is InChI=1S/C18H15F2N7/c19-13-4-18(5-13,16-15(20)2-1-3-22-16)11-25-17-23-8-14(9-24-17)27-10-12(6-21)7-26-27/h1-3,7-10,13H,4-5,11H2,(H,23,24,25)/t13-,18-. The Hall–Kier alpha value is -3.41. The molecule has 3 aromatic heterocycles. The molecule has 0 saturated heterocycles. The number of pyridine rings is 1. The molecule has 3 heterocycles. The molecule has 9 heteroatoms. The van der Waals surface area contributed by atoms with Crippen molar-refractivity contribution in [3.05, 3.63) is 60.2 Å². The molecule has 0 unspecified atom stereocenters. The third kappa shape index (κ3) is 3.21. The number of hydrogen-bond donors (Lipinski definition) is 1. The Bertz CT molecular complexity index is 987. The first-order chi connectivity index (χ1) is 13.1. The smallest absolute Gasteiger partial charge is 0.222 e. The lowest BCUT2D eigenvalue weighted by Gasteiger charge is -2.43. The highest BCUT2D eigenvalue weighted by Gasteiger charge is 2.48. The highest BCUT2D eigenvalue weighted by Crippen LogP contribution is 2.45. The van der Waals surface area contributed by atoms with Gasteiger partial charge < -0.3 is 5.32 Å². The Kier molecular flexibility index (Phi) is 4.24. The van der Waals surface area contributed by atoms with Gasteiger partial charge in [0, 0.05) is 24.4 Å². The van der Waals surface area contributed by atoms with E-state index in [2.05, 4.69) is 25.4 Å². The van der Waals surface area contributed by atoms with Crippen LogP contribution in [0.25, 0.3) is 5.69 Å². The molecule has 1 fully saturated rings. The maximum Gasteiger partial charge on any atom is 0.222 e. The predicted molar refractivity (Wildman–Crippen MR) is 92.4 cm³/mol. The van der Waals surface area contributed by atoms with Crippen LogP contribution in [0, 0.1) is 17.1 Å². The monoisotopic (exact) mass is 367 g/mol. The number of aromatic nitrogens is 5. The molecule has 136 valence electrons. The third-order valence-corrected chi connectivity index (χ3v) is 4.68. The topological polar surface area (TPSA) is 92.3 Å². The number of rotatable bonds is 5. The Morgan fingerprint density at radius 3 is 2.67 bits per heavy atom. The van der Waals surface area contributed by atoms with E-state index < -0.39 is 17.4 Å². The lowest BCUT2D eigenvalue weighted by atomic mass is 9.65. The Morgan fingerprint density at radius 2 is 2.04 bits per heavy atom. The van der Waals surface area contributed by atoms with Gasteiger partial charge in [0.2, 0.25) is 5.95 Å². The summed E-state index contributed by atoms with van der Waals surface area (Å²) in [6.45, 7) is 0.279. The summed E-state index contributed by atoms with van der Waals surface area (Å²) < 4.78 is 29.2. The second-order valence-corrected chi connectivity index (χ2v) is 6.52. The Labute approximate surface area is 153 Å². The van der Waals surface area contributed by atoms with Crippen molar-refractivity contribution in [2.24, 2.45) is 0 Å². The molecule has 0 radical (unpaired) electrons. The molecule has 3 aromatic rings. The molecule has 4 rings (SSSR count). The van der Waals surface area contributed by atoms with E-state index in [1.807, 2.05) is 6.07 Å². The average Bonchev–Trinajstić information content (AvgIpc) is 3.14. The molecule has 27 heavy (non-hydrogen) atoms. The lowest BCUT2D eigenvalue weighted by Crippen LogP contribution is -2.49. The number of halogens is 2. The maximum atomic E-state index is 14.2. The van der Waals surface area contributed by atoms with Crippen molar-refractivity contribution in [1.82, 2.24) is 24.7 Å². The van der Waals surface area contributed by atoms with Gasteiger partial charge >= 0.3 is 0 Å². The average molecular weight is 367 g/mol. The first-order valence-corrected chi connectivity index (χ1v) is 8.36. The van der Waals surface area contributed by atoms with Crippen LogP contribution in [0.4, 0.5) is 14.7 Å². The molecule has 0 aliphatic heterocycles. The van der Waals surface area contributed by atoms with E-state index in [0.29, 0.717) is 17.2 Å². The molecule has 1 N–H and O–H groups in total. The molecule has 0 spiro atoms. The summed E-state index contributed by atoms with van der Waals surface area (Å²) in [5, 5.41) is 16.0. The van der Waals surface area contributed by atoms with Gasteiger partial charge in [-0.25, -0.2) is 23.4 Å². The summed E-state index contributed by atoms with van der Waals surface area (Å²) in [6.07, 6.45) is 7.07. The van der Waals surface area contributed by atoms with Crippen LogP contribution in [0.2, 0.25) is 0 Å². The van der Waals surface area contributed by atoms with Crippen LogP contribution in [0.15, 0.2) is 43.1 Å². The number of nitrogens with zero attached hydrogens (tertiary/aromatic N) is 6. The summed E-state index contributed by atoms with van der Waals surface area (Å²) in [6, 6.07) is 4.85. The Morgan fingerprint density at radius 1 is 1.26 bits per heavy atom. The number of alkyl halides is 1. The number of hydrogen-bond acceptors (Lipinski definition) is 6. The molecule has 0 bridgehead atoms. The van der Waals surface area contributed by atoms with Gasteiger partial charge in [0.05, 0.1) is 29.8 Å². The van der Waals surface area contributed by atoms with Crippen LogP contribution in [-0.4, -0.2) is 37.4 Å². The number of nitrogens with one attached hydrogen (secondary N) is 1. The Balaban J connectivity index is 1.49. The third-order valence-electron chi connectivity index (χ3n) is 4.68. The minimum absolute atomic E-state index is 0.205. The van der Waals surface area contributed by atoms with E-state index >= 15 is 0 Å². The van der Waals surface area contributed by atoms with Crippen molar-refractivity contribution in [3.8, 4) is 11.8 Å². The highest BCUT2D eigenvalue weighted by molar-refractivity contribution is 5.36. The van der Waals surface area contributed by atoms with E-state index in [9.17, 15) is 8.78 Å². The summed E-state index contributed by atoms with van der Waals surface area (Å²) in [5.74, 6) is -0.0983. The van der Waals surface area contributed by atoms with Gasteiger partial charge in [-0.3, -0.25) is 4.98 Å². The van der Waals surface area contributed by atoms with Crippen LogP contribution < -0.4 is 5.32 Å². The summed E-state index contributed by atoms with van der Waals surface area (Å²) in [5.41, 5.74) is 0.585. The number of anilines is 1. The van der Waals surface area contributed by atoms with Crippen LogP contribution in [0.1, 0.15) is 24.1 Å². The van der Waals surface area contributed by atoms with Crippen LogP contribution >= 0.6 is 0 Å². The zero-order chi connectivity index (χ0) is 18.9. The van der Waals surface area contributed by atoms with Gasteiger partial charge in [-0.1, -0.05) is 0 Å². The molecule has 1 aliphatic carbocycles. The highest BCUT2D eigenvalue weighted by atomic mass is 19.1. The molecular weight excluding hydrogens is 352 g/mol. The summed E-state index contributed by atoms with van der Waals surface area (Å²) in [4.78, 5) is 12.5. The van der Waals surface area contributed by atoms with Gasteiger partial charge in [-0.15, -0.1) is 0 Å². The maximum absolute atomic E-state index is 14.2. The second kappa shape index (κ2) is 6.72. The SMILES string of the molecule is N#Cc1cnn(-c2cnc(NC[C@]3(c4ncccc4F)C[C@H](F)C3)nc2)c1. The zero-order valence-corrected chi connectivity index (χ0v) is 14.2. The fourth-order valence-corrected chi connectivity index (χ4v) is 3.29. The molecule has 0 aromatic carbocycles. The second-order valence-electron chi connectivity index (χ2n) is 6.52. The fourth-order valence-electron chi connectivity index (χ4n) is 3.29. The van der Waals surface area contributed by atoms with Gasteiger partial charge in [0.25, 0.3) is 0 Å².